The quantitative estimate of drug-likeness (QED) is 0.193. The van der Waals surface area contributed by atoms with E-state index in [9.17, 15) is 38.4 Å². The number of carbonyl (C=O) groups is 8. The molecule has 0 radical (unpaired) electrons. The first-order valence-electron chi connectivity index (χ1n) is 14.1. The second kappa shape index (κ2) is 18.2. The molecule has 0 aromatic carbocycles. The summed E-state index contributed by atoms with van der Waals surface area (Å²) >= 11 is 2.29. The van der Waals surface area contributed by atoms with E-state index in [0.29, 0.717) is 11.8 Å². The predicted molar refractivity (Wildman–Crippen MR) is 165 cm³/mol. The molecule has 2 aliphatic heterocycles. The zero-order chi connectivity index (χ0) is 35.6. The van der Waals surface area contributed by atoms with Crippen LogP contribution < -0.4 is 0 Å². The Morgan fingerprint density at radius 1 is 0.532 bits per heavy atom. The van der Waals surface area contributed by atoms with Crippen LogP contribution in [0.15, 0.2) is 0 Å². The molecule has 0 amide bonds. The van der Waals surface area contributed by atoms with Crippen LogP contribution in [-0.4, -0.2) is 117 Å². The summed E-state index contributed by atoms with van der Waals surface area (Å²) in [6, 6.07) is 0. The Kier molecular flexibility index (Phi) is 15.6. The van der Waals surface area contributed by atoms with Gasteiger partial charge in [-0.25, -0.2) is 0 Å². The van der Waals surface area contributed by atoms with Gasteiger partial charge in [0.15, 0.2) is 45.9 Å². The monoisotopic (exact) mass is 726 g/mol. The van der Waals surface area contributed by atoms with Gasteiger partial charge in [-0.05, 0) is 0 Å². The minimum Gasteiger partial charge on any atom is -0.456 e. The number of carbonyl (C=O) groups excluding carboxylic acids is 8. The number of hydrogen-bond donors (Lipinski definition) is 0. The topological polar surface area (TPSA) is 210 Å². The van der Waals surface area contributed by atoms with Crippen LogP contribution in [0.25, 0.3) is 0 Å². The Labute approximate surface area is 283 Å². The first-order valence-corrected chi connectivity index (χ1v) is 17.1. The van der Waals surface area contributed by atoms with Gasteiger partial charge >= 0.3 is 29.8 Å². The normalized spacial score (nSPS) is 30.0. The standard InChI is InChI=1S/C28H38O16S3/c1-12(29)37-22-20(9-45-17(6)34)42-27(25(40-15(4)32)24(22)39-14(3)31)44-28(11-47-19(8)36)26(41-16(5)33)23(38-13(2)30)21(43-28)10-46-18(7)35/h20-27H,9-11H2,1-8H3/t20?,21-,22-,23-,24?,25+,26+,27-,28?/m1/s1. The summed E-state index contributed by atoms with van der Waals surface area (Å²) in [5, 5.41) is -1.07. The molecule has 47 heavy (non-hydrogen) atoms. The maximum Gasteiger partial charge on any atom is 0.303 e. The molecule has 16 nitrogen and oxygen atoms in total. The van der Waals surface area contributed by atoms with Crippen molar-refractivity contribution in [3.8, 4) is 0 Å². The first-order chi connectivity index (χ1) is 21.8. The Hall–Kier alpha value is -2.71. The Morgan fingerprint density at radius 3 is 1.43 bits per heavy atom. The molecule has 0 N–H and O–H groups in total. The van der Waals surface area contributed by atoms with Crippen LogP contribution in [0.5, 0.6) is 0 Å². The predicted octanol–water partition coefficient (Wildman–Crippen LogP) is 1.32. The van der Waals surface area contributed by atoms with E-state index in [2.05, 4.69) is 0 Å². The number of thioether (sulfide) groups is 3. The van der Waals surface area contributed by atoms with Crippen LogP contribution in [-0.2, 0) is 76.3 Å². The fraction of sp³-hybridized carbons (Fsp3) is 0.714. The number of esters is 5. The highest BCUT2D eigenvalue weighted by molar-refractivity contribution is 8.14. The van der Waals surface area contributed by atoms with E-state index in [0.717, 1.165) is 58.1 Å². The molecule has 2 saturated heterocycles. The second-order valence-electron chi connectivity index (χ2n) is 10.3. The van der Waals surface area contributed by atoms with Crippen LogP contribution in [0.1, 0.15) is 55.4 Å². The van der Waals surface area contributed by atoms with Gasteiger partial charge in [0.05, 0.1) is 5.75 Å². The molecule has 2 fully saturated rings. The number of hydrogen-bond acceptors (Lipinski definition) is 19. The van der Waals surface area contributed by atoms with E-state index in [4.69, 9.17) is 37.9 Å². The van der Waals surface area contributed by atoms with Crippen LogP contribution in [0, 0.1) is 0 Å². The molecule has 9 atom stereocenters. The lowest BCUT2D eigenvalue weighted by Gasteiger charge is -2.46. The highest BCUT2D eigenvalue weighted by Crippen LogP contribution is 2.43. The van der Waals surface area contributed by atoms with E-state index >= 15 is 0 Å². The van der Waals surface area contributed by atoms with Gasteiger partial charge in [-0.1, -0.05) is 35.3 Å². The molecule has 264 valence electrons. The van der Waals surface area contributed by atoms with E-state index in [-0.39, 0.29) is 21.7 Å². The molecule has 0 spiro atoms. The summed E-state index contributed by atoms with van der Waals surface area (Å²) < 4.78 is 46.3. The van der Waals surface area contributed by atoms with Gasteiger partial charge in [-0.3, -0.25) is 38.4 Å². The van der Waals surface area contributed by atoms with Crippen LogP contribution >= 0.6 is 35.3 Å². The molecule has 0 aromatic rings. The molecular weight excluding hydrogens is 688 g/mol. The molecular formula is C28H38O16S3. The fourth-order valence-electron chi connectivity index (χ4n) is 4.76. The van der Waals surface area contributed by atoms with Crippen LogP contribution in [0.2, 0.25) is 0 Å². The smallest absolute Gasteiger partial charge is 0.303 e. The van der Waals surface area contributed by atoms with Gasteiger partial charge in [0, 0.05) is 66.9 Å². The van der Waals surface area contributed by atoms with Crippen molar-refractivity contribution in [1.82, 2.24) is 0 Å². The van der Waals surface area contributed by atoms with E-state index in [1.54, 1.807) is 0 Å². The maximum atomic E-state index is 12.4. The van der Waals surface area contributed by atoms with Gasteiger partial charge in [0.2, 0.25) is 12.1 Å². The third-order valence-electron chi connectivity index (χ3n) is 6.24. The molecule has 0 aliphatic carbocycles. The minimum absolute atomic E-state index is 0.109. The number of ether oxygens (including phenoxy) is 8. The second-order valence-corrected chi connectivity index (χ2v) is 13.9. The average molecular weight is 727 g/mol. The van der Waals surface area contributed by atoms with Crippen molar-refractivity contribution in [2.24, 2.45) is 0 Å². The van der Waals surface area contributed by atoms with E-state index < -0.39 is 95.5 Å². The Morgan fingerprint density at radius 2 is 0.957 bits per heavy atom. The lowest BCUT2D eigenvalue weighted by atomic mass is 9.98. The average Bonchev–Trinajstić information content (AvgIpc) is 3.18. The number of rotatable bonds is 13. The molecule has 2 aliphatic rings. The minimum atomic E-state index is -2.19. The Bertz CT molecular complexity index is 1230. The van der Waals surface area contributed by atoms with Gasteiger partial charge in [0.1, 0.15) is 12.2 Å². The molecule has 19 heteroatoms. The fourth-order valence-corrected chi connectivity index (χ4v) is 6.79. The van der Waals surface area contributed by atoms with Gasteiger partial charge in [-0.2, -0.15) is 0 Å². The molecule has 3 unspecified atom stereocenters. The zero-order valence-electron chi connectivity index (χ0n) is 27.0. The summed E-state index contributed by atoms with van der Waals surface area (Å²) in [4.78, 5) is 97.4. The molecule has 2 rings (SSSR count). The summed E-state index contributed by atoms with van der Waals surface area (Å²) in [6.07, 6.45) is -11.7. The maximum absolute atomic E-state index is 12.4. The summed E-state index contributed by atoms with van der Waals surface area (Å²) in [5.74, 6) is -7.10. The highest BCUT2D eigenvalue weighted by Gasteiger charge is 2.64. The molecule has 0 saturated carbocycles. The van der Waals surface area contributed by atoms with Crippen molar-refractivity contribution >= 4 is 80.5 Å². The lowest BCUT2D eigenvalue weighted by molar-refractivity contribution is -0.367. The van der Waals surface area contributed by atoms with Gasteiger partial charge in [0.25, 0.3) is 0 Å². The van der Waals surface area contributed by atoms with Crippen LogP contribution in [0.4, 0.5) is 0 Å². The Balaban J connectivity index is 2.78. The van der Waals surface area contributed by atoms with Crippen LogP contribution in [0.3, 0.4) is 0 Å². The first kappa shape index (κ1) is 40.5. The largest absolute Gasteiger partial charge is 0.456 e. The summed E-state index contributed by atoms with van der Waals surface area (Å²) in [7, 11) is 0. The molecule has 0 aromatic heterocycles. The SMILES string of the molecule is CC(=O)OC1[C@H](OC(C)=O)C(CSC(C)=O)O[C@H](OC2(CSC(C)=O)O[C@H](CSC(C)=O)[C@@H](OC(C)=O)[C@@H]2OC(C)=O)[C@H]1OC(C)=O. The molecule has 0 bridgehead atoms. The van der Waals surface area contributed by atoms with Crippen molar-refractivity contribution in [3.05, 3.63) is 0 Å². The highest BCUT2D eigenvalue weighted by atomic mass is 32.2. The van der Waals surface area contributed by atoms with Gasteiger partial charge in [-0.15, -0.1) is 0 Å². The van der Waals surface area contributed by atoms with Crippen molar-refractivity contribution in [1.29, 1.82) is 0 Å². The van der Waals surface area contributed by atoms with E-state index in [1.807, 2.05) is 0 Å². The zero-order valence-corrected chi connectivity index (χ0v) is 29.4. The van der Waals surface area contributed by atoms with E-state index in [1.165, 1.54) is 20.8 Å². The summed E-state index contributed by atoms with van der Waals surface area (Å²) in [5.41, 5.74) is 0. The summed E-state index contributed by atoms with van der Waals surface area (Å²) in [6.45, 7) is 9.18. The third-order valence-corrected chi connectivity index (χ3v) is 8.99. The lowest BCUT2D eigenvalue weighted by Crippen LogP contribution is -2.65. The van der Waals surface area contributed by atoms with Crippen molar-refractivity contribution < 1.29 is 76.3 Å². The van der Waals surface area contributed by atoms with Gasteiger partial charge < -0.3 is 37.9 Å². The third kappa shape index (κ3) is 12.4. The van der Waals surface area contributed by atoms with Crippen molar-refractivity contribution in [2.75, 3.05) is 17.3 Å². The molecule has 2 heterocycles. The van der Waals surface area contributed by atoms with Crippen molar-refractivity contribution in [2.45, 2.75) is 110 Å². The van der Waals surface area contributed by atoms with Crippen molar-refractivity contribution in [3.63, 3.8) is 0 Å².